The highest BCUT2D eigenvalue weighted by Crippen LogP contribution is 2.52. The predicted octanol–water partition coefficient (Wildman–Crippen LogP) is 3.99. The van der Waals surface area contributed by atoms with Gasteiger partial charge in [-0.1, -0.05) is 33.3 Å². The number of rotatable bonds is 5. The van der Waals surface area contributed by atoms with Crippen molar-refractivity contribution in [1.82, 2.24) is 5.32 Å². The minimum atomic E-state index is 0.282. The van der Waals surface area contributed by atoms with Gasteiger partial charge in [-0.25, -0.2) is 0 Å². The van der Waals surface area contributed by atoms with E-state index in [1.165, 1.54) is 24.1 Å². The Morgan fingerprint density at radius 3 is 3.05 bits per heavy atom. The molecular weight excluding hydrogens is 254 g/mol. The van der Waals surface area contributed by atoms with Crippen LogP contribution in [0.3, 0.4) is 0 Å². The van der Waals surface area contributed by atoms with E-state index >= 15 is 0 Å². The van der Waals surface area contributed by atoms with Crippen molar-refractivity contribution in [3.63, 3.8) is 0 Å². The average molecular weight is 279 g/mol. The molecule has 1 saturated heterocycles. The lowest BCUT2D eigenvalue weighted by Crippen LogP contribution is -2.66. The fourth-order valence-electron chi connectivity index (χ4n) is 3.97. The van der Waals surface area contributed by atoms with E-state index in [9.17, 15) is 0 Å². The third kappa shape index (κ3) is 2.26. The molecule has 2 heterocycles. The Morgan fingerprint density at radius 1 is 1.53 bits per heavy atom. The summed E-state index contributed by atoms with van der Waals surface area (Å²) < 4.78 is 5.89. The summed E-state index contributed by atoms with van der Waals surface area (Å²) in [7, 11) is 0. The number of fused-ring (bicyclic) bond motifs is 1. The lowest BCUT2D eigenvalue weighted by molar-refractivity contribution is -0.115. The lowest BCUT2D eigenvalue weighted by Gasteiger charge is -2.55. The SMILES string of the molecule is CCCC(NC1C2CCOC2C1(C)C)c1cccs1. The molecule has 1 N–H and O–H groups in total. The number of hydrogen-bond acceptors (Lipinski definition) is 3. The topological polar surface area (TPSA) is 21.3 Å². The van der Waals surface area contributed by atoms with Crippen LogP contribution in [0.2, 0.25) is 0 Å². The van der Waals surface area contributed by atoms with Crippen LogP contribution in [0.5, 0.6) is 0 Å². The molecule has 1 aliphatic carbocycles. The van der Waals surface area contributed by atoms with Gasteiger partial charge in [0.05, 0.1) is 6.10 Å². The summed E-state index contributed by atoms with van der Waals surface area (Å²) in [5.41, 5.74) is 0.282. The third-order valence-corrected chi connectivity index (χ3v) is 5.93. The van der Waals surface area contributed by atoms with Crippen LogP contribution in [0, 0.1) is 11.3 Å². The van der Waals surface area contributed by atoms with Crippen molar-refractivity contribution in [3.8, 4) is 0 Å². The van der Waals surface area contributed by atoms with E-state index < -0.39 is 0 Å². The molecule has 0 aromatic carbocycles. The first kappa shape index (κ1) is 13.6. The molecule has 1 saturated carbocycles. The molecule has 2 fully saturated rings. The Labute approximate surface area is 120 Å². The average Bonchev–Trinajstić information content (AvgIpc) is 3.03. The van der Waals surface area contributed by atoms with Gasteiger partial charge in [-0.15, -0.1) is 11.3 Å². The molecular formula is C16H25NOS. The molecule has 0 bridgehead atoms. The zero-order chi connectivity index (χ0) is 13.5. The van der Waals surface area contributed by atoms with Crippen molar-refractivity contribution in [3.05, 3.63) is 22.4 Å². The summed E-state index contributed by atoms with van der Waals surface area (Å²) in [6.45, 7) is 7.94. The normalized spacial score (nSPS) is 33.7. The van der Waals surface area contributed by atoms with Gasteiger partial charge in [0.25, 0.3) is 0 Å². The summed E-state index contributed by atoms with van der Waals surface area (Å²) in [6, 6.07) is 5.57. The number of ether oxygens (including phenoxy) is 1. The zero-order valence-corrected chi connectivity index (χ0v) is 13.0. The summed E-state index contributed by atoms with van der Waals surface area (Å²) in [4.78, 5) is 1.49. The summed E-state index contributed by atoms with van der Waals surface area (Å²) in [6.07, 6.45) is 4.17. The minimum Gasteiger partial charge on any atom is -0.377 e. The van der Waals surface area contributed by atoms with Gasteiger partial charge in [-0.05, 0) is 24.3 Å². The second kappa shape index (κ2) is 5.19. The predicted molar refractivity (Wildman–Crippen MR) is 80.5 cm³/mol. The number of thiophene rings is 1. The molecule has 1 aliphatic heterocycles. The van der Waals surface area contributed by atoms with E-state index in [4.69, 9.17) is 4.74 Å². The Bertz CT molecular complexity index is 414. The molecule has 19 heavy (non-hydrogen) atoms. The smallest absolute Gasteiger partial charge is 0.0685 e. The van der Waals surface area contributed by atoms with Gasteiger partial charge >= 0.3 is 0 Å². The van der Waals surface area contributed by atoms with Crippen LogP contribution in [0.4, 0.5) is 0 Å². The van der Waals surface area contributed by atoms with Crippen LogP contribution in [0.1, 0.15) is 51.0 Å². The van der Waals surface area contributed by atoms with Crippen molar-refractivity contribution < 1.29 is 4.74 Å². The molecule has 1 aromatic heterocycles. The summed E-state index contributed by atoms with van der Waals surface area (Å²) in [5.74, 6) is 0.731. The van der Waals surface area contributed by atoms with Gasteiger partial charge in [-0.2, -0.15) is 0 Å². The fraction of sp³-hybridized carbons (Fsp3) is 0.750. The quantitative estimate of drug-likeness (QED) is 0.880. The molecule has 4 unspecified atom stereocenters. The Kier molecular flexibility index (Phi) is 3.71. The van der Waals surface area contributed by atoms with Crippen molar-refractivity contribution in [2.24, 2.45) is 11.3 Å². The first-order chi connectivity index (χ1) is 9.14. The largest absolute Gasteiger partial charge is 0.377 e. The molecule has 1 aromatic rings. The second-order valence-corrected chi connectivity index (χ2v) is 7.55. The number of hydrogen-bond donors (Lipinski definition) is 1. The fourth-order valence-corrected chi connectivity index (χ4v) is 4.79. The molecule has 106 valence electrons. The van der Waals surface area contributed by atoms with Crippen molar-refractivity contribution >= 4 is 11.3 Å². The van der Waals surface area contributed by atoms with E-state index in [2.05, 4.69) is 43.6 Å². The summed E-state index contributed by atoms with van der Waals surface area (Å²) >= 11 is 1.88. The first-order valence-electron chi connectivity index (χ1n) is 7.55. The van der Waals surface area contributed by atoms with Crippen molar-refractivity contribution in [1.29, 1.82) is 0 Å². The number of nitrogens with one attached hydrogen (secondary N) is 1. The van der Waals surface area contributed by atoms with Gasteiger partial charge in [-0.3, -0.25) is 0 Å². The highest BCUT2D eigenvalue weighted by atomic mass is 32.1. The molecule has 4 atom stereocenters. The molecule has 0 spiro atoms. The van der Waals surface area contributed by atoms with Crippen LogP contribution in [0.15, 0.2) is 17.5 Å². The van der Waals surface area contributed by atoms with Crippen molar-refractivity contribution in [2.75, 3.05) is 6.61 Å². The standard InChI is InChI=1S/C16H25NOS/c1-4-6-12(13-7-5-10-19-13)17-14-11-8-9-18-15(11)16(14,2)3/h5,7,10-12,14-15,17H,4,6,8-9H2,1-3H3. The van der Waals surface area contributed by atoms with Gasteiger partial charge in [0.15, 0.2) is 0 Å². The zero-order valence-electron chi connectivity index (χ0n) is 12.2. The maximum Gasteiger partial charge on any atom is 0.0685 e. The third-order valence-electron chi connectivity index (χ3n) is 4.95. The van der Waals surface area contributed by atoms with Crippen molar-refractivity contribution in [2.45, 2.75) is 58.2 Å². The minimum absolute atomic E-state index is 0.282. The molecule has 3 rings (SSSR count). The van der Waals surface area contributed by atoms with Crippen LogP contribution in [-0.4, -0.2) is 18.8 Å². The van der Waals surface area contributed by atoms with E-state index in [1.54, 1.807) is 0 Å². The maximum atomic E-state index is 5.89. The monoisotopic (exact) mass is 279 g/mol. The molecule has 0 radical (unpaired) electrons. The maximum absolute atomic E-state index is 5.89. The first-order valence-corrected chi connectivity index (χ1v) is 8.43. The Hall–Kier alpha value is -0.380. The van der Waals surface area contributed by atoms with E-state index in [0.717, 1.165) is 12.5 Å². The van der Waals surface area contributed by atoms with E-state index in [-0.39, 0.29) is 5.41 Å². The highest BCUT2D eigenvalue weighted by molar-refractivity contribution is 7.10. The van der Waals surface area contributed by atoms with E-state index in [0.29, 0.717) is 18.2 Å². The molecule has 3 heteroatoms. The Morgan fingerprint density at radius 2 is 2.37 bits per heavy atom. The Balaban J connectivity index is 1.72. The van der Waals surface area contributed by atoms with Gasteiger partial charge in [0.2, 0.25) is 0 Å². The highest BCUT2D eigenvalue weighted by Gasteiger charge is 2.59. The van der Waals surface area contributed by atoms with E-state index in [1.807, 2.05) is 11.3 Å². The van der Waals surface area contributed by atoms with Crippen LogP contribution in [0.25, 0.3) is 0 Å². The van der Waals surface area contributed by atoms with Crippen LogP contribution >= 0.6 is 11.3 Å². The molecule has 0 amide bonds. The molecule has 2 nitrogen and oxygen atoms in total. The van der Waals surface area contributed by atoms with Crippen LogP contribution < -0.4 is 5.32 Å². The van der Waals surface area contributed by atoms with Crippen LogP contribution in [-0.2, 0) is 4.74 Å². The van der Waals surface area contributed by atoms with Gasteiger partial charge < -0.3 is 10.1 Å². The van der Waals surface area contributed by atoms with Gasteiger partial charge in [0.1, 0.15) is 0 Å². The summed E-state index contributed by atoms with van der Waals surface area (Å²) in [5, 5.41) is 6.14. The lowest BCUT2D eigenvalue weighted by atomic mass is 9.57. The van der Waals surface area contributed by atoms with Gasteiger partial charge in [0, 0.05) is 34.9 Å². The molecule has 2 aliphatic rings. The second-order valence-electron chi connectivity index (χ2n) is 6.57.